The number of nitrogens with zero attached hydrogens (tertiary/aromatic N) is 2. The van der Waals surface area contributed by atoms with Gasteiger partial charge in [-0.1, -0.05) is 71.9 Å². The van der Waals surface area contributed by atoms with Crippen LogP contribution in [0.25, 0.3) is 27.6 Å². The zero-order chi connectivity index (χ0) is 21.5. The molecule has 5 aromatic rings. The Morgan fingerprint density at radius 1 is 1.00 bits per heavy atom. The van der Waals surface area contributed by atoms with E-state index in [-0.39, 0.29) is 5.56 Å². The van der Waals surface area contributed by atoms with Crippen molar-refractivity contribution in [3.8, 4) is 5.69 Å². The van der Waals surface area contributed by atoms with E-state index in [0.717, 1.165) is 33.3 Å². The lowest BCUT2D eigenvalue weighted by atomic mass is 10.1. The van der Waals surface area contributed by atoms with Gasteiger partial charge in [0.25, 0.3) is 5.56 Å². The van der Waals surface area contributed by atoms with Gasteiger partial charge in [0.15, 0.2) is 5.16 Å². The fourth-order valence-corrected chi connectivity index (χ4v) is 5.07. The van der Waals surface area contributed by atoms with E-state index in [2.05, 4.69) is 18.0 Å². The summed E-state index contributed by atoms with van der Waals surface area (Å²) in [7, 11) is 0. The molecule has 0 saturated heterocycles. The van der Waals surface area contributed by atoms with Crippen LogP contribution in [0.2, 0.25) is 5.02 Å². The van der Waals surface area contributed by atoms with Crippen LogP contribution in [-0.4, -0.2) is 14.5 Å². The number of aryl methyl sites for hydroxylation is 1. The minimum Gasteiger partial charge on any atom is -0.349 e. The summed E-state index contributed by atoms with van der Waals surface area (Å²) in [6, 6.07) is 21.6. The van der Waals surface area contributed by atoms with E-state index < -0.39 is 0 Å². The van der Waals surface area contributed by atoms with Gasteiger partial charge in [0.2, 0.25) is 0 Å². The Bertz CT molecular complexity index is 1500. The van der Waals surface area contributed by atoms with Crippen molar-refractivity contribution < 1.29 is 0 Å². The van der Waals surface area contributed by atoms with Crippen LogP contribution in [0.3, 0.4) is 0 Å². The summed E-state index contributed by atoms with van der Waals surface area (Å²) in [6.07, 6.45) is 0. The number of aromatic nitrogens is 3. The smallest absolute Gasteiger partial charge is 0.283 e. The van der Waals surface area contributed by atoms with Crippen LogP contribution >= 0.6 is 23.4 Å². The average molecular weight is 446 g/mol. The first-order valence-corrected chi connectivity index (χ1v) is 11.4. The summed E-state index contributed by atoms with van der Waals surface area (Å²) < 4.78 is 1.72. The van der Waals surface area contributed by atoms with E-state index in [1.807, 2.05) is 67.6 Å². The fourth-order valence-electron chi connectivity index (χ4n) is 3.79. The number of H-pyrrole nitrogens is 1. The van der Waals surface area contributed by atoms with Gasteiger partial charge in [-0.05, 0) is 48.7 Å². The highest BCUT2D eigenvalue weighted by molar-refractivity contribution is 7.98. The van der Waals surface area contributed by atoms with Crippen molar-refractivity contribution in [1.82, 2.24) is 14.5 Å². The van der Waals surface area contributed by atoms with Crippen molar-refractivity contribution in [1.29, 1.82) is 0 Å². The van der Waals surface area contributed by atoms with Gasteiger partial charge in [-0.2, -0.15) is 0 Å². The average Bonchev–Trinajstić information content (AvgIpc) is 3.15. The lowest BCUT2D eigenvalue weighted by Crippen LogP contribution is -2.22. The molecule has 6 heteroatoms. The second-order valence-electron chi connectivity index (χ2n) is 7.53. The number of hydrogen-bond acceptors (Lipinski definition) is 3. The second-order valence-corrected chi connectivity index (χ2v) is 8.88. The Morgan fingerprint density at radius 2 is 1.77 bits per heavy atom. The highest BCUT2D eigenvalue weighted by Gasteiger charge is 2.19. The number of thioether (sulfide) groups is 1. The molecule has 0 aliphatic heterocycles. The summed E-state index contributed by atoms with van der Waals surface area (Å²) in [5.74, 6) is 0.616. The molecule has 2 aromatic heterocycles. The van der Waals surface area contributed by atoms with Gasteiger partial charge in [0, 0.05) is 21.7 Å². The molecular formula is C25H20ClN3OS. The zero-order valence-corrected chi connectivity index (χ0v) is 18.7. The third-order valence-corrected chi connectivity index (χ3v) is 6.98. The quantitative estimate of drug-likeness (QED) is 0.256. The molecule has 0 aliphatic rings. The lowest BCUT2D eigenvalue weighted by molar-refractivity contribution is 0.812. The molecule has 0 amide bonds. The number of rotatable bonds is 4. The number of halogens is 1. The van der Waals surface area contributed by atoms with Crippen LogP contribution in [-0.2, 0) is 5.75 Å². The largest absolute Gasteiger partial charge is 0.349 e. The lowest BCUT2D eigenvalue weighted by Gasteiger charge is -2.15. The van der Waals surface area contributed by atoms with Gasteiger partial charge in [0.05, 0.1) is 5.69 Å². The van der Waals surface area contributed by atoms with Gasteiger partial charge in [-0.25, -0.2) is 4.98 Å². The first kappa shape index (κ1) is 19.9. The van der Waals surface area contributed by atoms with E-state index in [4.69, 9.17) is 16.6 Å². The first-order valence-electron chi connectivity index (χ1n) is 10.0. The Labute approximate surface area is 188 Å². The molecule has 4 nitrogen and oxygen atoms in total. The molecule has 0 atom stereocenters. The predicted octanol–water partition coefficient (Wildman–Crippen LogP) is 6.43. The summed E-state index contributed by atoms with van der Waals surface area (Å²) in [5, 5.41) is 2.31. The SMILES string of the molecule is Cc1cccc(-n2c(SCc3ccccc3Cl)nc3c([nH]c4ccccc43)c2=O)c1C. The van der Waals surface area contributed by atoms with E-state index in [1.165, 1.54) is 11.8 Å². The van der Waals surface area contributed by atoms with Crippen molar-refractivity contribution >= 4 is 45.3 Å². The molecule has 154 valence electrons. The molecule has 0 spiro atoms. The van der Waals surface area contributed by atoms with Crippen molar-refractivity contribution in [2.45, 2.75) is 24.8 Å². The molecule has 0 radical (unpaired) electrons. The Morgan fingerprint density at radius 3 is 2.61 bits per heavy atom. The molecule has 2 heterocycles. The molecule has 0 aliphatic carbocycles. The Kier molecular flexibility index (Phi) is 5.08. The molecule has 3 aromatic carbocycles. The van der Waals surface area contributed by atoms with Crippen molar-refractivity contribution in [3.05, 3.63) is 98.8 Å². The Balaban J connectivity index is 1.76. The summed E-state index contributed by atoms with van der Waals surface area (Å²) in [6.45, 7) is 4.09. The van der Waals surface area contributed by atoms with Gasteiger partial charge in [-0.15, -0.1) is 0 Å². The minimum atomic E-state index is -0.100. The predicted molar refractivity (Wildman–Crippen MR) is 130 cm³/mol. The molecule has 0 fully saturated rings. The maximum Gasteiger partial charge on any atom is 0.283 e. The maximum atomic E-state index is 13.7. The van der Waals surface area contributed by atoms with Crippen LogP contribution in [0.4, 0.5) is 0 Å². The normalized spacial score (nSPS) is 11.5. The number of aromatic amines is 1. The van der Waals surface area contributed by atoms with Gasteiger partial charge < -0.3 is 4.98 Å². The van der Waals surface area contributed by atoms with E-state index >= 15 is 0 Å². The van der Waals surface area contributed by atoms with E-state index in [1.54, 1.807) is 4.57 Å². The third-order valence-electron chi connectivity index (χ3n) is 5.63. The molecule has 1 N–H and O–H groups in total. The van der Waals surface area contributed by atoms with Gasteiger partial charge in [-0.3, -0.25) is 9.36 Å². The van der Waals surface area contributed by atoms with Gasteiger partial charge in [0.1, 0.15) is 11.0 Å². The van der Waals surface area contributed by atoms with Crippen molar-refractivity contribution in [3.63, 3.8) is 0 Å². The number of fused-ring (bicyclic) bond motifs is 3. The fraction of sp³-hybridized carbons (Fsp3) is 0.120. The maximum absolute atomic E-state index is 13.7. The molecule has 0 unspecified atom stereocenters. The number of nitrogens with one attached hydrogen (secondary N) is 1. The topological polar surface area (TPSA) is 50.7 Å². The first-order chi connectivity index (χ1) is 15.0. The number of para-hydroxylation sites is 1. The minimum absolute atomic E-state index is 0.100. The van der Waals surface area contributed by atoms with Crippen LogP contribution in [0.15, 0.2) is 76.7 Å². The standard InChI is InChI=1S/C25H20ClN3OS/c1-15-8-7-13-21(16(15)2)29-24(30)23-22(18-10-4-6-12-20(18)27-23)28-25(29)31-14-17-9-3-5-11-19(17)26/h3-13,27H,14H2,1-2H3. The Hall–Kier alpha value is -3.02. The second kappa shape index (κ2) is 7.91. The molecule has 0 bridgehead atoms. The summed E-state index contributed by atoms with van der Waals surface area (Å²) >= 11 is 7.89. The molecule has 0 saturated carbocycles. The van der Waals surface area contributed by atoms with Gasteiger partial charge >= 0.3 is 0 Å². The van der Waals surface area contributed by atoms with E-state index in [9.17, 15) is 4.79 Å². The monoisotopic (exact) mass is 445 g/mol. The summed E-state index contributed by atoms with van der Waals surface area (Å²) in [5.41, 5.74) is 6.06. The number of benzene rings is 3. The number of hydrogen-bond donors (Lipinski definition) is 1. The highest BCUT2D eigenvalue weighted by atomic mass is 35.5. The van der Waals surface area contributed by atoms with Crippen LogP contribution in [0, 0.1) is 13.8 Å². The van der Waals surface area contributed by atoms with Crippen LogP contribution < -0.4 is 5.56 Å². The summed E-state index contributed by atoms with van der Waals surface area (Å²) in [4.78, 5) is 22.0. The van der Waals surface area contributed by atoms with Crippen LogP contribution in [0.1, 0.15) is 16.7 Å². The van der Waals surface area contributed by atoms with Crippen molar-refractivity contribution in [2.75, 3.05) is 0 Å². The highest BCUT2D eigenvalue weighted by Crippen LogP contribution is 2.30. The third kappa shape index (κ3) is 3.44. The van der Waals surface area contributed by atoms with Crippen LogP contribution in [0.5, 0.6) is 0 Å². The van der Waals surface area contributed by atoms with Crippen molar-refractivity contribution in [2.24, 2.45) is 0 Å². The molecular weight excluding hydrogens is 426 g/mol. The molecule has 31 heavy (non-hydrogen) atoms. The zero-order valence-electron chi connectivity index (χ0n) is 17.1. The molecule has 5 rings (SSSR count). The van der Waals surface area contributed by atoms with E-state index in [0.29, 0.717) is 27.0 Å².